The third-order valence-corrected chi connectivity index (χ3v) is 2.32. The Bertz CT molecular complexity index is 312. The van der Waals surface area contributed by atoms with Crippen LogP contribution in [-0.4, -0.2) is 43.4 Å². The Morgan fingerprint density at radius 3 is 2.94 bits per heavy atom. The summed E-state index contributed by atoms with van der Waals surface area (Å²) in [6, 6.07) is 1.98. The lowest BCUT2D eigenvalue weighted by molar-refractivity contribution is 0.0613. The minimum absolute atomic E-state index is 0.288. The maximum absolute atomic E-state index is 5.50. The first kappa shape index (κ1) is 14.2. The largest absolute Gasteiger partial charge is 0.377 e. The maximum atomic E-state index is 5.50. The molecule has 1 N–H and O–H groups in total. The van der Waals surface area contributed by atoms with Crippen LogP contribution in [0.5, 0.6) is 0 Å². The fourth-order valence-corrected chi connectivity index (χ4v) is 1.48. The molecule has 0 bridgehead atoms. The number of ether oxygens (including phenoxy) is 1. The Kier molecular flexibility index (Phi) is 6.18. The summed E-state index contributed by atoms with van der Waals surface area (Å²) < 4.78 is 10.7. The molecule has 0 radical (unpaired) electrons. The molecule has 0 saturated heterocycles. The van der Waals surface area contributed by atoms with Crippen LogP contribution in [0.25, 0.3) is 0 Å². The fraction of sp³-hybridized carbons (Fsp3) is 0.750. The van der Waals surface area contributed by atoms with Gasteiger partial charge in [0, 0.05) is 19.2 Å². The third kappa shape index (κ3) is 5.81. The van der Waals surface area contributed by atoms with Crippen molar-refractivity contribution in [3.8, 4) is 0 Å². The molecule has 0 atom stereocenters. The first-order valence-electron chi connectivity index (χ1n) is 6.01. The van der Waals surface area contributed by atoms with E-state index in [0.29, 0.717) is 0 Å². The van der Waals surface area contributed by atoms with Crippen LogP contribution < -0.4 is 5.32 Å². The van der Waals surface area contributed by atoms with Gasteiger partial charge in [0.25, 0.3) is 0 Å². The van der Waals surface area contributed by atoms with Crippen LogP contribution in [0.15, 0.2) is 10.6 Å². The molecule has 0 aliphatic heterocycles. The average Bonchev–Trinajstić information content (AvgIpc) is 2.65. The van der Waals surface area contributed by atoms with Crippen molar-refractivity contribution in [3.63, 3.8) is 0 Å². The quantitative estimate of drug-likeness (QED) is 0.742. The predicted octanol–water partition coefficient (Wildman–Crippen LogP) is 1.25. The smallest absolute Gasteiger partial charge is 0.151 e. The van der Waals surface area contributed by atoms with E-state index in [2.05, 4.69) is 15.4 Å². The Morgan fingerprint density at radius 1 is 1.53 bits per heavy atom. The molecule has 17 heavy (non-hydrogen) atoms. The van der Waals surface area contributed by atoms with Crippen molar-refractivity contribution in [3.05, 3.63) is 17.5 Å². The predicted molar refractivity (Wildman–Crippen MR) is 66.7 cm³/mol. The van der Waals surface area contributed by atoms with E-state index in [1.54, 1.807) is 0 Å². The molecular weight excluding hydrogens is 218 g/mol. The lowest BCUT2D eigenvalue weighted by Crippen LogP contribution is -2.23. The number of hydrogen-bond donors (Lipinski definition) is 1. The minimum Gasteiger partial charge on any atom is -0.377 e. The molecule has 1 rings (SSSR count). The molecule has 98 valence electrons. The number of hydrogen-bond acceptors (Lipinski definition) is 5. The van der Waals surface area contributed by atoms with Gasteiger partial charge in [-0.1, -0.05) is 5.16 Å². The van der Waals surface area contributed by atoms with E-state index < -0.39 is 0 Å². The molecule has 0 amide bonds. The molecule has 0 aliphatic rings. The Morgan fingerprint density at radius 2 is 2.29 bits per heavy atom. The number of likely N-dealkylation sites (N-methyl/N-ethyl adjacent to an activating group) is 1. The fourth-order valence-electron chi connectivity index (χ4n) is 1.48. The minimum atomic E-state index is 0.288. The van der Waals surface area contributed by atoms with Crippen molar-refractivity contribution in [2.75, 3.05) is 27.2 Å². The van der Waals surface area contributed by atoms with E-state index in [1.165, 1.54) is 0 Å². The van der Waals surface area contributed by atoms with Crippen LogP contribution in [0.4, 0.5) is 0 Å². The van der Waals surface area contributed by atoms with Gasteiger partial charge in [-0.25, -0.2) is 0 Å². The highest BCUT2D eigenvalue weighted by molar-refractivity contribution is 5.04. The summed E-state index contributed by atoms with van der Waals surface area (Å²) in [5.74, 6) is 0.891. The molecule has 1 heterocycles. The van der Waals surface area contributed by atoms with Gasteiger partial charge in [0.15, 0.2) is 5.76 Å². The lowest BCUT2D eigenvalue weighted by atomic mass is 10.3. The second-order valence-electron chi connectivity index (χ2n) is 4.47. The number of aromatic nitrogens is 1. The molecule has 0 spiro atoms. The molecule has 1 aromatic heterocycles. The van der Waals surface area contributed by atoms with Crippen molar-refractivity contribution in [1.82, 2.24) is 15.4 Å². The van der Waals surface area contributed by atoms with Crippen LogP contribution in [-0.2, 0) is 17.8 Å². The molecule has 0 aromatic carbocycles. The third-order valence-electron chi connectivity index (χ3n) is 2.32. The number of nitrogens with one attached hydrogen (secondary N) is 1. The van der Waals surface area contributed by atoms with Crippen molar-refractivity contribution in [2.45, 2.75) is 33.0 Å². The van der Waals surface area contributed by atoms with Gasteiger partial charge in [-0.05, 0) is 27.9 Å². The van der Waals surface area contributed by atoms with Gasteiger partial charge >= 0.3 is 0 Å². The van der Waals surface area contributed by atoms with E-state index in [4.69, 9.17) is 9.26 Å². The molecule has 0 unspecified atom stereocenters. The van der Waals surface area contributed by atoms with E-state index in [0.717, 1.165) is 37.7 Å². The van der Waals surface area contributed by atoms with Crippen LogP contribution in [0.2, 0.25) is 0 Å². The van der Waals surface area contributed by atoms with Gasteiger partial charge < -0.3 is 14.6 Å². The zero-order valence-electron chi connectivity index (χ0n) is 11.2. The van der Waals surface area contributed by atoms with Gasteiger partial charge in [-0.3, -0.25) is 4.90 Å². The van der Waals surface area contributed by atoms with Gasteiger partial charge in [-0.15, -0.1) is 0 Å². The molecule has 0 fully saturated rings. The highest BCUT2D eigenvalue weighted by Gasteiger charge is 2.07. The standard InChI is InChI=1S/C12H23N3O2/c1-10(2)16-6-5-15(4)9-12-7-11(8-13-3)14-17-12/h7,10,13H,5-6,8-9H2,1-4H3. The van der Waals surface area contributed by atoms with Crippen LogP contribution in [0.1, 0.15) is 25.3 Å². The molecule has 5 heteroatoms. The highest BCUT2D eigenvalue weighted by Crippen LogP contribution is 2.06. The normalized spacial score (nSPS) is 11.6. The zero-order valence-corrected chi connectivity index (χ0v) is 11.2. The second kappa shape index (κ2) is 7.42. The average molecular weight is 241 g/mol. The Labute approximate surface area is 103 Å². The van der Waals surface area contributed by atoms with Crippen LogP contribution in [0.3, 0.4) is 0 Å². The SMILES string of the molecule is CNCc1cc(CN(C)CCOC(C)C)on1. The zero-order chi connectivity index (χ0) is 12.7. The van der Waals surface area contributed by atoms with E-state index in [9.17, 15) is 0 Å². The van der Waals surface area contributed by atoms with E-state index in [-0.39, 0.29) is 6.10 Å². The number of nitrogens with zero attached hydrogens (tertiary/aromatic N) is 2. The molecule has 5 nitrogen and oxygen atoms in total. The maximum Gasteiger partial charge on any atom is 0.151 e. The summed E-state index contributed by atoms with van der Waals surface area (Å²) in [5, 5.41) is 7.01. The van der Waals surface area contributed by atoms with Gasteiger partial charge in [0.2, 0.25) is 0 Å². The summed E-state index contributed by atoms with van der Waals surface area (Å²) in [6.45, 7) is 7.22. The van der Waals surface area contributed by atoms with Gasteiger partial charge in [-0.2, -0.15) is 0 Å². The van der Waals surface area contributed by atoms with Crippen molar-refractivity contribution in [1.29, 1.82) is 0 Å². The van der Waals surface area contributed by atoms with E-state index in [1.807, 2.05) is 34.0 Å². The lowest BCUT2D eigenvalue weighted by Gasteiger charge is -2.15. The molecule has 0 aliphatic carbocycles. The molecular formula is C12H23N3O2. The molecule has 1 aromatic rings. The van der Waals surface area contributed by atoms with Crippen molar-refractivity contribution >= 4 is 0 Å². The van der Waals surface area contributed by atoms with Gasteiger partial charge in [0.1, 0.15) is 0 Å². The summed E-state index contributed by atoms with van der Waals surface area (Å²) in [4.78, 5) is 2.16. The van der Waals surface area contributed by atoms with Gasteiger partial charge in [0.05, 0.1) is 24.9 Å². The monoisotopic (exact) mass is 241 g/mol. The first-order valence-corrected chi connectivity index (χ1v) is 6.01. The summed E-state index contributed by atoms with van der Waals surface area (Å²) >= 11 is 0. The number of rotatable bonds is 8. The Hall–Kier alpha value is -0.910. The second-order valence-corrected chi connectivity index (χ2v) is 4.47. The van der Waals surface area contributed by atoms with Crippen molar-refractivity contribution in [2.24, 2.45) is 0 Å². The molecule has 0 saturated carbocycles. The summed E-state index contributed by atoms with van der Waals surface area (Å²) in [5.41, 5.74) is 0.939. The van der Waals surface area contributed by atoms with E-state index >= 15 is 0 Å². The topological polar surface area (TPSA) is 50.5 Å². The van der Waals surface area contributed by atoms with Crippen LogP contribution in [0, 0.1) is 0 Å². The van der Waals surface area contributed by atoms with Crippen molar-refractivity contribution < 1.29 is 9.26 Å². The Balaban J connectivity index is 2.26. The summed E-state index contributed by atoms with van der Waals surface area (Å²) in [6.07, 6.45) is 0.288. The first-order chi connectivity index (χ1) is 8.11. The highest BCUT2D eigenvalue weighted by atomic mass is 16.5. The summed E-state index contributed by atoms with van der Waals surface area (Å²) in [7, 11) is 3.94. The van der Waals surface area contributed by atoms with Crippen LogP contribution >= 0.6 is 0 Å².